The van der Waals surface area contributed by atoms with Crippen molar-refractivity contribution in [3.63, 3.8) is 0 Å². The molecule has 0 saturated carbocycles. The van der Waals surface area contributed by atoms with Crippen molar-refractivity contribution in [3.05, 3.63) is 62.9 Å². The first kappa shape index (κ1) is 13.8. The second-order valence-electron chi connectivity index (χ2n) is 3.70. The average molecular weight is 293 g/mol. The molecule has 0 fully saturated rings. The Bertz CT molecular complexity index is 728. The highest BCUT2D eigenvalue weighted by Crippen LogP contribution is 2.37. The molecule has 0 aliphatic rings. The third-order valence-corrected chi connectivity index (χ3v) is 2.72. The van der Waals surface area contributed by atoms with Crippen LogP contribution < -0.4 is 4.74 Å². The molecule has 0 saturated heterocycles. The van der Waals surface area contributed by atoms with Crippen LogP contribution in [-0.2, 0) is 0 Å². The summed E-state index contributed by atoms with van der Waals surface area (Å²) in [4.78, 5) is 10.2. The van der Waals surface area contributed by atoms with E-state index >= 15 is 0 Å². The Morgan fingerprint density at radius 3 is 2.65 bits per heavy atom. The molecule has 0 aliphatic carbocycles. The third-order valence-electron chi connectivity index (χ3n) is 2.41. The number of hydrogen-bond donors (Lipinski definition) is 0. The fourth-order valence-corrected chi connectivity index (χ4v) is 1.76. The summed E-state index contributed by atoms with van der Waals surface area (Å²) in [6.45, 7) is 0. The van der Waals surface area contributed by atoms with Crippen molar-refractivity contribution in [2.24, 2.45) is 0 Å². The number of halogens is 2. The van der Waals surface area contributed by atoms with E-state index in [2.05, 4.69) is 0 Å². The summed E-state index contributed by atoms with van der Waals surface area (Å²) in [5, 5.41) is 19.4. The molecule has 0 heterocycles. The quantitative estimate of drug-likeness (QED) is 0.631. The maximum absolute atomic E-state index is 13.7. The van der Waals surface area contributed by atoms with Crippen LogP contribution in [0.5, 0.6) is 11.5 Å². The van der Waals surface area contributed by atoms with Gasteiger partial charge in [-0.05, 0) is 30.3 Å². The highest BCUT2D eigenvalue weighted by Gasteiger charge is 2.21. The third kappa shape index (κ3) is 2.68. The Morgan fingerprint density at radius 2 is 2.05 bits per heavy atom. The minimum absolute atomic E-state index is 0.110. The lowest BCUT2D eigenvalue weighted by atomic mass is 10.2. The Hall–Kier alpha value is -2.65. The van der Waals surface area contributed by atoms with E-state index in [0.29, 0.717) is 0 Å². The van der Waals surface area contributed by atoms with E-state index in [1.807, 2.05) is 0 Å². The lowest BCUT2D eigenvalue weighted by molar-refractivity contribution is -0.385. The number of hydrogen-bond acceptors (Lipinski definition) is 4. The van der Waals surface area contributed by atoms with E-state index < -0.39 is 16.4 Å². The predicted molar refractivity (Wildman–Crippen MR) is 69.3 cm³/mol. The van der Waals surface area contributed by atoms with Crippen LogP contribution in [0, 0.1) is 27.3 Å². The highest BCUT2D eigenvalue weighted by atomic mass is 35.5. The number of nitro benzene ring substituents is 1. The Morgan fingerprint density at radius 1 is 1.30 bits per heavy atom. The number of para-hydroxylation sites is 1. The fourth-order valence-electron chi connectivity index (χ4n) is 1.53. The van der Waals surface area contributed by atoms with Crippen LogP contribution in [0.25, 0.3) is 0 Å². The number of nitriles is 1. The molecule has 0 aromatic heterocycles. The van der Waals surface area contributed by atoms with Gasteiger partial charge in [-0.25, -0.2) is 4.39 Å². The van der Waals surface area contributed by atoms with Crippen molar-refractivity contribution in [2.75, 3.05) is 0 Å². The number of ether oxygens (including phenoxy) is 1. The van der Waals surface area contributed by atoms with E-state index in [1.165, 1.54) is 30.3 Å². The van der Waals surface area contributed by atoms with Gasteiger partial charge in [-0.15, -0.1) is 0 Å². The number of rotatable bonds is 3. The van der Waals surface area contributed by atoms with Crippen LogP contribution >= 0.6 is 11.6 Å². The molecule has 0 bridgehead atoms. The van der Waals surface area contributed by atoms with Crippen molar-refractivity contribution in [2.45, 2.75) is 0 Å². The highest BCUT2D eigenvalue weighted by molar-refractivity contribution is 6.32. The molecular weight excluding hydrogens is 287 g/mol. The van der Waals surface area contributed by atoms with Crippen LogP contribution in [0.4, 0.5) is 10.1 Å². The monoisotopic (exact) mass is 292 g/mol. The SMILES string of the molecule is N#Cc1ccc(Oc2cccc(Cl)c2[N+](=O)[O-])c(F)c1. The normalized spacial score (nSPS) is 9.85. The van der Waals surface area contributed by atoms with Gasteiger partial charge in [0, 0.05) is 0 Å². The average Bonchev–Trinajstić information content (AvgIpc) is 2.40. The first-order valence-electron chi connectivity index (χ1n) is 5.33. The molecule has 0 N–H and O–H groups in total. The van der Waals surface area contributed by atoms with Gasteiger partial charge in [0.2, 0.25) is 5.75 Å². The number of nitrogens with zero attached hydrogens (tertiary/aromatic N) is 2. The van der Waals surface area contributed by atoms with Gasteiger partial charge >= 0.3 is 5.69 Å². The zero-order chi connectivity index (χ0) is 14.7. The van der Waals surface area contributed by atoms with Gasteiger partial charge in [-0.2, -0.15) is 5.26 Å². The van der Waals surface area contributed by atoms with Crippen LogP contribution in [0.2, 0.25) is 5.02 Å². The Balaban J connectivity index is 2.43. The molecule has 0 aliphatic heterocycles. The van der Waals surface area contributed by atoms with Gasteiger partial charge in [0.1, 0.15) is 5.02 Å². The van der Waals surface area contributed by atoms with E-state index in [0.717, 1.165) is 6.07 Å². The van der Waals surface area contributed by atoms with Crippen LogP contribution in [0.1, 0.15) is 5.56 Å². The minimum atomic E-state index is -0.793. The van der Waals surface area contributed by atoms with Gasteiger partial charge < -0.3 is 4.74 Å². The molecule has 0 radical (unpaired) electrons. The molecule has 2 aromatic carbocycles. The van der Waals surface area contributed by atoms with Crippen LogP contribution in [0.3, 0.4) is 0 Å². The summed E-state index contributed by atoms with van der Waals surface area (Å²) in [6.07, 6.45) is 0. The van der Waals surface area contributed by atoms with Gasteiger partial charge in [0.25, 0.3) is 0 Å². The first-order valence-corrected chi connectivity index (χ1v) is 5.71. The zero-order valence-electron chi connectivity index (χ0n) is 9.84. The van der Waals surface area contributed by atoms with Gasteiger partial charge in [0.05, 0.1) is 16.6 Å². The largest absolute Gasteiger partial charge is 0.447 e. The summed E-state index contributed by atoms with van der Waals surface area (Å²) in [5.74, 6) is -1.20. The van der Waals surface area contributed by atoms with E-state index in [1.54, 1.807) is 6.07 Å². The second-order valence-corrected chi connectivity index (χ2v) is 4.11. The molecule has 0 spiro atoms. The molecule has 2 rings (SSSR count). The molecule has 100 valence electrons. The Labute approximate surface area is 117 Å². The lowest BCUT2D eigenvalue weighted by Gasteiger charge is -2.08. The van der Waals surface area contributed by atoms with E-state index in [4.69, 9.17) is 21.6 Å². The minimum Gasteiger partial charge on any atom is -0.447 e. The van der Waals surface area contributed by atoms with Crippen LogP contribution in [-0.4, -0.2) is 4.92 Å². The smallest absolute Gasteiger partial charge is 0.329 e. The molecule has 0 unspecified atom stereocenters. The van der Waals surface area contributed by atoms with Crippen LogP contribution in [0.15, 0.2) is 36.4 Å². The summed E-state index contributed by atoms with van der Waals surface area (Å²) in [7, 11) is 0. The van der Waals surface area contributed by atoms with E-state index in [9.17, 15) is 14.5 Å². The maximum Gasteiger partial charge on any atom is 0.329 e. The topological polar surface area (TPSA) is 76.2 Å². The summed E-state index contributed by atoms with van der Waals surface area (Å²) in [6, 6.07) is 9.41. The van der Waals surface area contributed by atoms with E-state index in [-0.39, 0.29) is 22.1 Å². The predicted octanol–water partition coefficient (Wildman–Crippen LogP) is 4.05. The zero-order valence-corrected chi connectivity index (χ0v) is 10.6. The Kier molecular flexibility index (Phi) is 3.82. The summed E-state index contributed by atoms with van der Waals surface area (Å²) >= 11 is 5.72. The van der Waals surface area contributed by atoms with Gasteiger partial charge in [-0.1, -0.05) is 17.7 Å². The second kappa shape index (κ2) is 5.55. The number of benzene rings is 2. The molecule has 0 amide bonds. The van der Waals surface area contributed by atoms with Crippen molar-refractivity contribution in [1.29, 1.82) is 5.26 Å². The molecule has 20 heavy (non-hydrogen) atoms. The maximum atomic E-state index is 13.7. The van der Waals surface area contributed by atoms with Gasteiger partial charge in [0.15, 0.2) is 11.6 Å². The molecule has 0 atom stereocenters. The molecule has 2 aromatic rings. The first-order chi connectivity index (χ1) is 9.52. The molecule has 7 heteroatoms. The standard InChI is InChI=1S/C13H6ClFN2O3/c14-9-2-1-3-12(13(9)17(18)19)20-11-5-4-8(7-16)6-10(11)15/h1-6H. The number of nitro groups is 1. The van der Waals surface area contributed by atoms with Crippen molar-refractivity contribution < 1.29 is 14.1 Å². The van der Waals surface area contributed by atoms with Gasteiger partial charge in [-0.3, -0.25) is 10.1 Å². The van der Waals surface area contributed by atoms with Crippen molar-refractivity contribution >= 4 is 17.3 Å². The summed E-state index contributed by atoms with van der Waals surface area (Å²) in [5.41, 5.74) is -0.326. The lowest BCUT2D eigenvalue weighted by Crippen LogP contribution is -1.96. The fraction of sp³-hybridized carbons (Fsp3) is 0. The van der Waals surface area contributed by atoms with Crippen molar-refractivity contribution in [3.8, 4) is 17.6 Å². The molecule has 5 nitrogen and oxygen atoms in total. The summed E-state index contributed by atoms with van der Waals surface area (Å²) < 4.78 is 18.8. The van der Waals surface area contributed by atoms with Crippen molar-refractivity contribution in [1.82, 2.24) is 0 Å². The molecular formula is C13H6ClFN2O3.